The monoisotopic (exact) mass is 301 g/mol. The van der Waals surface area contributed by atoms with Crippen molar-refractivity contribution in [1.82, 2.24) is 14.6 Å². The summed E-state index contributed by atoms with van der Waals surface area (Å²) in [6, 6.07) is 1.68. The molecule has 116 valence electrons. The van der Waals surface area contributed by atoms with Crippen LogP contribution in [-0.2, 0) is 23.1 Å². The lowest BCUT2D eigenvalue weighted by atomic mass is 10.1. The molecule has 5 nitrogen and oxygen atoms in total. The molecule has 0 saturated carbocycles. The Morgan fingerprint density at radius 3 is 2.45 bits per heavy atom. The largest absolute Gasteiger partial charge is 0.349 e. The first-order valence-corrected chi connectivity index (χ1v) is 8.64. The van der Waals surface area contributed by atoms with Crippen LogP contribution < -0.4 is 10.0 Å². The normalized spacial score (nSPS) is 13.9. The second-order valence-electron chi connectivity index (χ2n) is 5.64. The molecule has 0 saturated heterocycles. The van der Waals surface area contributed by atoms with Gasteiger partial charge in [0.05, 0.1) is 4.90 Å². The Bertz CT molecular complexity index is 521. The van der Waals surface area contributed by atoms with E-state index in [1.165, 1.54) is 0 Å². The average molecular weight is 301 g/mol. The SMILES string of the molecule is CCn1cc(S(=O)(=O)NC(C)CC(C)C)cc1CNC. The number of rotatable bonds is 8. The quantitative estimate of drug-likeness (QED) is 0.771. The Kier molecular flexibility index (Phi) is 6.23. The van der Waals surface area contributed by atoms with Crippen molar-refractivity contribution < 1.29 is 8.42 Å². The molecule has 0 aliphatic carbocycles. The van der Waals surface area contributed by atoms with E-state index >= 15 is 0 Å². The van der Waals surface area contributed by atoms with Gasteiger partial charge in [-0.05, 0) is 39.3 Å². The van der Waals surface area contributed by atoms with Gasteiger partial charge in [-0.2, -0.15) is 0 Å². The molecular formula is C14H27N3O2S. The van der Waals surface area contributed by atoms with Gasteiger partial charge in [0.2, 0.25) is 10.0 Å². The van der Waals surface area contributed by atoms with E-state index < -0.39 is 10.0 Å². The van der Waals surface area contributed by atoms with Crippen LogP contribution in [0.25, 0.3) is 0 Å². The average Bonchev–Trinajstić information content (AvgIpc) is 2.71. The molecule has 2 N–H and O–H groups in total. The fourth-order valence-electron chi connectivity index (χ4n) is 2.38. The number of aryl methyl sites for hydroxylation is 1. The molecule has 1 aromatic heterocycles. The lowest BCUT2D eigenvalue weighted by molar-refractivity contribution is 0.482. The standard InChI is InChI=1S/C14H27N3O2S/c1-6-17-10-14(8-13(17)9-15-5)20(18,19)16-12(4)7-11(2)3/h8,10-12,15-16H,6-7,9H2,1-5H3. The first-order valence-electron chi connectivity index (χ1n) is 7.16. The van der Waals surface area contributed by atoms with E-state index in [0.29, 0.717) is 17.4 Å². The van der Waals surface area contributed by atoms with Crippen molar-refractivity contribution in [2.75, 3.05) is 7.05 Å². The topological polar surface area (TPSA) is 63.1 Å². The van der Waals surface area contributed by atoms with E-state index in [1.807, 2.05) is 25.5 Å². The second-order valence-corrected chi connectivity index (χ2v) is 7.35. The van der Waals surface area contributed by atoms with Crippen molar-refractivity contribution in [3.8, 4) is 0 Å². The molecule has 20 heavy (non-hydrogen) atoms. The minimum absolute atomic E-state index is 0.0577. The van der Waals surface area contributed by atoms with Crippen molar-refractivity contribution >= 4 is 10.0 Å². The lowest BCUT2D eigenvalue weighted by Crippen LogP contribution is -2.33. The zero-order chi connectivity index (χ0) is 15.3. The minimum Gasteiger partial charge on any atom is -0.349 e. The van der Waals surface area contributed by atoms with Gasteiger partial charge in [-0.15, -0.1) is 0 Å². The summed E-state index contributed by atoms with van der Waals surface area (Å²) in [5.41, 5.74) is 0.979. The van der Waals surface area contributed by atoms with Crippen LogP contribution >= 0.6 is 0 Å². The Hall–Kier alpha value is -0.850. The van der Waals surface area contributed by atoms with Crippen LogP contribution in [0.15, 0.2) is 17.2 Å². The van der Waals surface area contributed by atoms with Gasteiger partial charge in [-0.3, -0.25) is 0 Å². The van der Waals surface area contributed by atoms with Crippen molar-refractivity contribution in [2.45, 2.75) is 58.1 Å². The van der Waals surface area contributed by atoms with Crippen LogP contribution in [0.2, 0.25) is 0 Å². The fraction of sp³-hybridized carbons (Fsp3) is 0.714. The Morgan fingerprint density at radius 2 is 1.95 bits per heavy atom. The third-order valence-electron chi connectivity index (χ3n) is 3.15. The van der Waals surface area contributed by atoms with Crippen molar-refractivity contribution in [1.29, 1.82) is 0 Å². The first-order chi connectivity index (χ1) is 9.30. The molecule has 0 aromatic carbocycles. The van der Waals surface area contributed by atoms with E-state index in [0.717, 1.165) is 18.7 Å². The Labute approximate surface area is 122 Å². The van der Waals surface area contributed by atoms with Gasteiger partial charge in [-0.1, -0.05) is 13.8 Å². The van der Waals surface area contributed by atoms with Gasteiger partial charge < -0.3 is 9.88 Å². The minimum atomic E-state index is -3.43. The zero-order valence-electron chi connectivity index (χ0n) is 13.1. The number of aromatic nitrogens is 1. The summed E-state index contributed by atoms with van der Waals surface area (Å²) in [4.78, 5) is 0.347. The molecule has 0 aliphatic heterocycles. The number of sulfonamides is 1. The van der Waals surface area contributed by atoms with Crippen molar-refractivity contribution in [3.63, 3.8) is 0 Å². The van der Waals surface area contributed by atoms with Gasteiger partial charge in [0.1, 0.15) is 0 Å². The molecule has 0 aliphatic rings. The van der Waals surface area contributed by atoms with E-state index in [4.69, 9.17) is 0 Å². The van der Waals surface area contributed by atoms with E-state index in [-0.39, 0.29) is 6.04 Å². The van der Waals surface area contributed by atoms with Gasteiger partial charge >= 0.3 is 0 Å². The molecule has 1 atom stereocenters. The van der Waals surface area contributed by atoms with Crippen molar-refractivity contribution in [2.24, 2.45) is 5.92 Å². The number of hydrogen-bond acceptors (Lipinski definition) is 3. The first kappa shape index (κ1) is 17.2. The highest BCUT2D eigenvalue weighted by molar-refractivity contribution is 7.89. The molecule has 1 unspecified atom stereocenters. The summed E-state index contributed by atoms with van der Waals surface area (Å²) in [5.74, 6) is 0.466. The molecule has 1 aromatic rings. The Morgan fingerprint density at radius 1 is 1.30 bits per heavy atom. The van der Waals surface area contributed by atoms with Crippen LogP contribution in [-0.4, -0.2) is 26.1 Å². The maximum Gasteiger partial charge on any atom is 0.242 e. The van der Waals surface area contributed by atoms with Gasteiger partial charge in [-0.25, -0.2) is 13.1 Å². The second kappa shape index (κ2) is 7.24. The molecule has 6 heteroatoms. The molecule has 0 spiro atoms. The van der Waals surface area contributed by atoms with Gasteiger partial charge in [0.25, 0.3) is 0 Å². The van der Waals surface area contributed by atoms with Crippen LogP contribution in [0.1, 0.15) is 39.8 Å². The number of nitrogens with one attached hydrogen (secondary N) is 2. The molecule has 0 fully saturated rings. The van der Waals surface area contributed by atoms with Gasteiger partial charge in [0, 0.05) is 31.0 Å². The molecule has 0 radical (unpaired) electrons. The van der Waals surface area contributed by atoms with Crippen molar-refractivity contribution in [3.05, 3.63) is 18.0 Å². The summed E-state index contributed by atoms with van der Waals surface area (Å²) in [6.45, 7) is 9.50. The number of nitrogens with zero attached hydrogens (tertiary/aromatic N) is 1. The van der Waals surface area contributed by atoms with E-state index in [2.05, 4.69) is 23.9 Å². The van der Waals surface area contributed by atoms with Crippen LogP contribution in [0.4, 0.5) is 0 Å². The summed E-state index contributed by atoms with van der Waals surface area (Å²) >= 11 is 0. The predicted molar refractivity (Wildman–Crippen MR) is 82.1 cm³/mol. The highest BCUT2D eigenvalue weighted by atomic mass is 32.2. The van der Waals surface area contributed by atoms with Crippen LogP contribution in [0, 0.1) is 5.92 Å². The zero-order valence-corrected chi connectivity index (χ0v) is 13.9. The van der Waals surface area contributed by atoms with Crippen LogP contribution in [0.5, 0.6) is 0 Å². The van der Waals surface area contributed by atoms with E-state index in [9.17, 15) is 8.42 Å². The Balaban J connectivity index is 2.92. The third kappa shape index (κ3) is 4.61. The highest BCUT2D eigenvalue weighted by Gasteiger charge is 2.20. The smallest absolute Gasteiger partial charge is 0.242 e. The molecule has 1 rings (SSSR count). The summed E-state index contributed by atoms with van der Waals surface area (Å²) in [6.07, 6.45) is 2.54. The molecule has 1 heterocycles. The molecule has 0 amide bonds. The van der Waals surface area contributed by atoms with Crippen LogP contribution in [0.3, 0.4) is 0 Å². The van der Waals surface area contributed by atoms with Gasteiger partial charge in [0.15, 0.2) is 0 Å². The number of hydrogen-bond donors (Lipinski definition) is 2. The third-order valence-corrected chi connectivity index (χ3v) is 4.71. The maximum atomic E-state index is 12.4. The maximum absolute atomic E-state index is 12.4. The summed E-state index contributed by atoms with van der Waals surface area (Å²) in [7, 11) is -1.58. The predicted octanol–water partition coefficient (Wildman–Crippen LogP) is 1.94. The highest BCUT2D eigenvalue weighted by Crippen LogP contribution is 2.16. The summed E-state index contributed by atoms with van der Waals surface area (Å²) < 4.78 is 29.4. The fourth-order valence-corrected chi connectivity index (χ4v) is 3.70. The van der Waals surface area contributed by atoms with E-state index in [1.54, 1.807) is 12.3 Å². The molecular weight excluding hydrogens is 274 g/mol. The lowest BCUT2D eigenvalue weighted by Gasteiger charge is -2.15. The summed E-state index contributed by atoms with van der Waals surface area (Å²) in [5, 5.41) is 3.05. The molecule has 0 bridgehead atoms.